The summed E-state index contributed by atoms with van der Waals surface area (Å²) < 4.78 is 5.04. The maximum atomic E-state index is 5.04. The number of thiazole rings is 1. The summed E-state index contributed by atoms with van der Waals surface area (Å²) in [7, 11) is 1.72. The van der Waals surface area contributed by atoms with Crippen LogP contribution in [0.3, 0.4) is 0 Å². The van der Waals surface area contributed by atoms with Crippen molar-refractivity contribution in [1.82, 2.24) is 4.98 Å². The fourth-order valence-corrected chi connectivity index (χ4v) is 2.69. The van der Waals surface area contributed by atoms with Crippen molar-refractivity contribution in [3.63, 3.8) is 0 Å². The second-order valence-electron chi connectivity index (χ2n) is 3.47. The fraction of sp³-hybridized carbons (Fsp3) is 0.700. The van der Waals surface area contributed by atoms with E-state index < -0.39 is 0 Å². The van der Waals surface area contributed by atoms with Crippen molar-refractivity contribution in [1.29, 1.82) is 0 Å². The van der Waals surface area contributed by atoms with Gasteiger partial charge in [0.05, 0.1) is 17.3 Å². The third-order valence-corrected chi connectivity index (χ3v) is 3.64. The average Bonchev–Trinajstić information content (AvgIpc) is 2.57. The zero-order valence-electron chi connectivity index (χ0n) is 8.91. The van der Waals surface area contributed by atoms with Crippen molar-refractivity contribution in [3.8, 4) is 0 Å². The van der Waals surface area contributed by atoms with Gasteiger partial charge in [0.15, 0.2) is 0 Å². The minimum atomic E-state index is 0.490. The van der Waals surface area contributed by atoms with Crippen LogP contribution in [0.15, 0.2) is 0 Å². The smallest absolute Gasteiger partial charge is 0.0954 e. The maximum absolute atomic E-state index is 5.04. The van der Waals surface area contributed by atoms with Crippen LogP contribution in [-0.4, -0.2) is 18.7 Å². The summed E-state index contributed by atoms with van der Waals surface area (Å²) in [6, 6.07) is 0. The molecule has 0 unspecified atom stereocenters. The topological polar surface area (TPSA) is 22.1 Å². The average molecular weight is 231 g/mol. The molecular formula is C10H17NOS2. The lowest BCUT2D eigenvalue weighted by molar-refractivity contribution is 0.202. The predicted molar refractivity (Wildman–Crippen MR) is 64.5 cm³/mol. The van der Waals surface area contributed by atoms with Crippen LogP contribution >= 0.6 is 24.0 Å². The van der Waals surface area contributed by atoms with Crippen molar-refractivity contribution in [3.05, 3.63) is 15.6 Å². The summed E-state index contributed by atoms with van der Waals surface area (Å²) in [5.41, 5.74) is 1.20. The molecule has 0 aliphatic heterocycles. The van der Waals surface area contributed by atoms with Gasteiger partial charge in [-0.3, -0.25) is 0 Å². The van der Waals surface area contributed by atoms with Gasteiger partial charge >= 0.3 is 0 Å². The largest absolute Gasteiger partial charge is 0.384 e. The molecule has 14 heavy (non-hydrogen) atoms. The van der Waals surface area contributed by atoms with Crippen LogP contribution in [-0.2, 0) is 16.9 Å². The number of hydrogen-bond acceptors (Lipinski definition) is 4. The number of hydrogen-bond donors (Lipinski definition) is 1. The Morgan fingerprint density at radius 2 is 2.21 bits per heavy atom. The van der Waals surface area contributed by atoms with E-state index in [-0.39, 0.29) is 0 Å². The number of ether oxygens (including phenoxy) is 1. The van der Waals surface area contributed by atoms with Gasteiger partial charge in [-0.2, -0.15) is 12.6 Å². The zero-order chi connectivity index (χ0) is 10.6. The van der Waals surface area contributed by atoms with Gasteiger partial charge in [-0.25, -0.2) is 4.98 Å². The summed E-state index contributed by atoms with van der Waals surface area (Å²) >= 11 is 6.08. The third kappa shape index (κ3) is 2.97. The molecule has 0 fully saturated rings. The molecule has 1 aromatic heterocycles. The minimum Gasteiger partial charge on any atom is -0.384 e. The number of thiol groups is 1. The molecule has 0 saturated carbocycles. The van der Waals surface area contributed by atoms with Crippen LogP contribution in [0, 0.1) is 0 Å². The van der Waals surface area contributed by atoms with E-state index in [2.05, 4.69) is 31.5 Å². The predicted octanol–water partition coefficient (Wildman–Crippen LogP) is 2.89. The number of aromatic nitrogens is 1. The number of rotatable bonds is 5. The summed E-state index contributed by atoms with van der Waals surface area (Å²) in [5, 5.41) is 1.17. The van der Waals surface area contributed by atoms with Crippen molar-refractivity contribution in [2.75, 3.05) is 13.7 Å². The van der Waals surface area contributed by atoms with E-state index in [0.717, 1.165) is 18.8 Å². The summed E-state index contributed by atoms with van der Waals surface area (Å²) in [4.78, 5) is 5.91. The molecule has 0 aromatic carbocycles. The highest BCUT2D eigenvalue weighted by Gasteiger charge is 2.12. The molecule has 1 aromatic rings. The van der Waals surface area contributed by atoms with Crippen LogP contribution in [0.1, 0.15) is 35.3 Å². The van der Waals surface area contributed by atoms with Gasteiger partial charge in [0.25, 0.3) is 0 Å². The first-order chi connectivity index (χ1) is 6.69. The van der Waals surface area contributed by atoms with E-state index in [1.54, 1.807) is 18.4 Å². The van der Waals surface area contributed by atoms with Crippen LogP contribution in [0.5, 0.6) is 0 Å². The Labute approximate surface area is 95.1 Å². The first-order valence-electron chi connectivity index (χ1n) is 4.77. The molecule has 0 bridgehead atoms. The van der Waals surface area contributed by atoms with Crippen LogP contribution in [0.4, 0.5) is 0 Å². The highest BCUT2D eigenvalue weighted by Crippen LogP contribution is 2.26. The standard InChI is InChI=1S/C10H17NOS2/c1-7(2)10-8(6-13)14-9(11-10)4-5-12-3/h7,13H,4-6H2,1-3H3. The van der Waals surface area contributed by atoms with E-state index in [0.29, 0.717) is 5.92 Å². The molecule has 0 amide bonds. The second kappa shape index (κ2) is 5.73. The summed E-state index contributed by atoms with van der Waals surface area (Å²) in [6.45, 7) is 5.08. The van der Waals surface area contributed by atoms with Crippen molar-refractivity contribution >= 4 is 24.0 Å². The van der Waals surface area contributed by atoms with Crippen molar-refractivity contribution in [2.24, 2.45) is 0 Å². The SMILES string of the molecule is COCCc1nc(C(C)C)c(CS)s1. The van der Waals surface area contributed by atoms with Crippen molar-refractivity contribution in [2.45, 2.75) is 31.9 Å². The second-order valence-corrected chi connectivity index (χ2v) is 4.96. The molecule has 0 spiro atoms. The van der Waals surface area contributed by atoms with Gasteiger partial charge in [0, 0.05) is 24.2 Å². The van der Waals surface area contributed by atoms with Gasteiger partial charge in [-0.15, -0.1) is 11.3 Å². The molecule has 2 nitrogen and oxygen atoms in total. The van der Waals surface area contributed by atoms with E-state index in [1.165, 1.54) is 15.6 Å². The number of methoxy groups -OCH3 is 1. The summed E-state index contributed by atoms with van der Waals surface area (Å²) in [5.74, 6) is 1.28. The first-order valence-corrected chi connectivity index (χ1v) is 6.22. The van der Waals surface area contributed by atoms with Gasteiger partial charge in [0.2, 0.25) is 0 Å². The molecule has 80 valence electrons. The highest BCUT2D eigenvalue weighted by atomic mass is 32.1. The Bertz CT molecular complexity index is 284. The molecule has 0 atom stereocenters. The first kappa shape index (κ1) is 12.0. The molecule has 1 rings (SSSR count). The molecular weight excluding hydrogens is 214 g/mol. The molecule has 0 radical (unpaired) electrons. The Morgan fingerprint density at radius 1 is 1.50 bits per heavy atom. The van der Waals surface area contributed by atoms with Crippen molar-refractivity contribution < 1.29 is 4.74 Å². The van der Waals surface area contributed by atoms with Crippen LogP contribution in [0.25, 0.3) is 0 Å². The van der Waals surface area contributed by atoms with Gasteiger partial charge in [-0.05, 0) is 5.92 Å². The highest BCUT2D eigenvalue weighted by molar-refractivity contribution is 7.79. The minimum absolute atomic E-state index is 0.490. The molecule has 0 N–H and O–H groups in total. The molecule has 4 heteroatoms. The quantitative estimate of drug-likeness (QED) is 0.787. The molecule has 1 heterocycles. The molecule has 0 aliphatic carbocycles. The van der Waals surface area contributed by atoms with E-state index in [9.17, 15) is 0 Å². The van der Waals surface area contributed by atoms with Crippen LogP contribution in [0.2, 0.25) is 0 Å². The van der Waals surface area contributed by atoms with Gasteiger partial charge in [-0.1, -0.05) is 13.8 Å². The van der Waals surface area contributed by atoms with E-state index >= 15 is 0 Å². The molecule has 0 saturated heterocycles. The fourth-order valence-electron chi connectivity index (χ4n) is 1.27. The lowest BCUT2D eigenvalue weighted by Gasteiger charge is -2.01. The third-order valence-electron chi connectivity index (χ3n) is 1.98. The monoisotopic (exact) mass is 231 g/mol. The van der Waals surface area contributed by atoms with E-state index in [1.807, 2.05) is 0 Å². The van der Waals surface area contributed by atoms with E-state index in [4.69, 9.17) is 4.74 Å². The van der Waals surface area contributed by atoms with Crippen LogP contribution < -0.4 is 0 Å². The number of nitrogens with zero attached hydrogens (tertiary/aromatic N) is 1. The Morgan fingerprint density at radius 3 is 2.64 bits per heavy atom. The Hall–Kier alpha value is -0.0600. The lowest BCUT2D eigenvalue weighted by atomic mass is 10.1. The summed E-state index contributed by atoms with van der Waals surface area (Å²) in [6.07, 6.45) is 0.911. The van der Waals surface area contributed by atoms with Gasteiger partial charge < -0.3 is 4.74 Å². The van der Waals surface area contributed by atoms with Gasteiger partial charge in [0.1, 0.15) is 0 Å². The maximum Gasteiger partial charge on any atom is 0.0954 e. The Kier molecular flexibility index (Phi) is 4.92. The molecule has 0 aliphatic rings. The normalized spacial score (nSPS) is 11.2. The lowest BCUT2D eigenvalue weighted by Crippen LogP contribution is -1.95. The Balaban J connectivity index is 2.78. The zero-order valence-corrected chi connectivity index (χ0v) is 10.6.